The van der Waals surface area contributed by atoms with Crippen LogP contribution in [0.2, 0.25) is 0 Å². The van der Waals surface area contributed by atoms with E-state index in [2.05, 4.69) is 9.51 Å². The van der Waals surface area contributed by atoms with Gasteiger partial charge in [0, 0.05) is 11.6 Å². The molecule has 1 fully saturated rings. The molecule has 1 aliphatic rings. The van der Waals surface area contributed by atoms with Gasteiger partial charge in [0.15, 0.2) is 0 Å². The van der Waals surface area contributed by atoms with E-state index in [0.717, 1.165) is 18.9 Å². The highest BCUT2D eigenvalue weighted by molar-refractivity contribution is 5.77. The summed E-state index contributed by atoms with van der Waals surface area (Å²) in [7, 11) is 0. The summed E-state index contributed by atoms with van der Waals surface area (Å²) >= 11 is 0. The summed E-state index contributed by atoms with van der Waals surface area (Å²) in [6.07, 6.45) is -2.93. The number of pyridine rings is 1. The third-order valence-electron chi connectivity index (χ3n) is 2.77. The standard InChI is InChI=1S/C10H7F3N2O2/c11-10(12,13)5-3-6(4-1-2-4)14-9-7(5)8(16)15-17-9/h3-4H,1-2H2,(H,15,16). The van der Waals surface area contributed by atoms with E-state index < -0.39 is 22.7 Å². The molecule has 3 rings (SSSR count). The fraction of sp³-hybridized carbons (Fsp3) is 0.400. The van der Waals surface area contributed by atoms with Crippen LogP contribution in [0.15, 0.2) is 15.4 Å². The Kier molecular flexibility index (Phi) is 1.90. The maximum absolute atomic E-state index is 12.8. The molecule has 7 heteroatoms. The predicted molar refractivity (Wildman–Crippen MR) is 51.6 cm³/mol. The van der Waals surface area contributed by atoms with E-state index in [4.69, 9.17) is 0 Å². The van der Waals surface area contributed by atoms with E-state index in [-0.39, 0.29) is 11.6 Å². The van der Waals surface area contributed by atoms with E-state index in [1.807, 2.05) is 5.16 Å². The summed E-state index contributed by atoms with van der Waals surface area (Å²) in [6.45, 7) is 0. The molecule has 2 heterocycles. The van der Waals surface area contributed by atoms with Gasteiger partial charge in [-0.15, -0.1) is 0 Å². The molecular formula is C10H7F3N2O2. The smallest absolute Gasteiger partial charge is 0.358 e. The molecular weight excluding hydrogens is 237 g/mol. The van der Waals surface area contributed by atoms with Crippen molar-refractivity contribution < 1.29 is 17.7 Å². The highest BCUT2D eigenvalue weighted by atomic mass is 19.4. The molecule has 2 aromatic rings. The number of H-pyrrole nitrogens is 1. The van der Waals surface area contributed by atoms with Crippen LogP contribution in [-0.2, 0) is 6.18 Å². The van der Waals surface area contributed by atoms with E-state index >= 15 is 0 Å². The molecule has 2 aromatic heterocycles. The Bertz CT molecular complexity index is 637. The van der Waals surface area contributed by atoms with Crippen molar-refractivity contribution in [2.45, 2.75) is 24.9 Å². The summed E-state index contributed by atoms with van der Waals surface area (Å²) in [5, 5.41) is 1.36. The van der Waals surface area contributed by atoms with Gasteiger partial charge in [-0.25, -0.2) is 4.98 Å². The molecule has 1 aliphatic carbocycles. The summed E-state index contributed by atoms with van der Waals surface area (Å²) in [5.74, 6) is 0.0562. The predicted octanol–water partition coefficient (Wildman–Crippen LogP) is 2.41. The largest absolute Gasteiger partial charge is 0.417 e. The zero-order valence-electron chi connectivity index (χ0n) is 8.47. The molecule has 0 unspecified atom stereocenters. The normalized spacial score (nSPS) is 16.6. The Balaban J connectivity index is 2.35. The van der Waals surface area contributed by atoms with Crippen LogP contribution in [-0.4, -0.2) is 10.1 Å². The van der Waals surface area contributed by atoms with Crippen molar-refractivity contribution in [2.75, 3.05) is 0 Å². The quantitative estimate of drug-likeness (QED) is 0.837. The van der Waals surface area contributed by atoms with Gasteiger partial charge < -0.3 is 4.52 Å². The average Bonchev–Trinajstić information content (AvgIpc) is 3.02. The maximum atomic E-state index is 12.8. The summed E-state index contributed by atoms with van der Waals surface area (Å²) in [5.41, 5.74) is -1.80. The Morgan fingerprint density at radius 1 is 1.41 bits per heavy atom. The Labute approximate surface area is 92.4 Å². The number of fused-ring (bicyclic) bond motifs is 1. The van der Waals surface area contributed by atoms with Crippen molar-refractivity contribution in [3.63, 3.8) is 0 Å². The number of rotatable bonds is 1. The first kappa shape index (κ1) is 10.4. The van der Waals surface area contributed by atoms with Gasteiger partial charge in [-0.1, -0.05) is 0 Å². The highest BCUT2D eigenvalue weighted by Gasteiger charge is 2.37. The molecule has 0 spiro atoms. The molecule has 90 valence electrons. The second-order valence-corrected chi connectivity index (χ2v) is 4.08. The Hall–Kier alpha value is -1.79. The summed E-state index contributed by atoms with van der Waals surface area (Å²) in [6, 6.07) is 0.949. The first-order valence-corrected chi connectivity index (χ1v) is 5.06. The Morgan fingerprint density at radius 2 is 2.12 bits per heavy atom. The third kappa shape index (κ3) is 1.62. The monoisotopic (exact) mass is 244 g/mol. The molecule has 17 heavy (non-hydrogen) atoms. The fourth-order valence-corrected chi connectivity index (χ4v) is 1.79. The SMILES string of the molecule is O=c1[nH]oc2nc(C3CC3)cc(C(F)(F)F)c12. The van der Waals surface area contributed by atoms with Crippen molar-refractivity contribution in [1.82, 2.24) is 10.1 Å². The van der Waals surface area contributed by atoms with Crippen LogP contribution in [0, 0.1) is 0 Å². The number of hydrogen-bond donors (Lipinski definition) is 1. The molecule has 0 aromatic carbocycles. The molecule has 1 saturated carbocycles. The van der Waals surface area contributed by atoms with E-state index in [9.17, 15) is 18.0 Å². The minimum atomic E-state index is -4.58. The Morgan fingerprint density at radius 3 is 2.71 bits per heavy atom. The van der Waals surface area contributed by atoms with Crippen molar-refractivity contribution in [1.29, 1.82) is 0 Å². The third-order valence-corrected chi connectivity index (χ3v) is 2.77. The topological polar surface area (TPSA) is 58.9 Å². The van der Waals surface area contributed by atoms with Crippen LogP contribution in [0.4, 0.5) is 13.2 Å². The maximum Gasteiger partial charge on any atom is 0.417 e. The fourth-order valence-electron chi connectivity index (χ4n) is 1.79. The van der Waals surface area contributed by atoms with Crippen molar-refractivity contribution in [3.8, 4) is 0 Å². The van der Waals surface area contributed by atoms with Crippen LogP contribution in [0.25, 0.3) is 11.1 Å². The van der Waals surface area contributed by atoms with Crippen LogP contribution in [0.5, 0.6) is 0 Å². The minimum Gasteiger partial charge on any atom is -0.358 e. The number of aromatic amines is 1. The van der Waals surface area contributed by atoms with Crippen LogP contribution < -0.4 is 5.56 Å². The van der Waals surface area contributed by atoms with Gasteiger partial charge in [0.2, 0.25) is 0 Å². The van der Waals surface area contributed by atoms with Gasteiger partial charge in [-0.05, 0) is 18.9 Å². The molecule has 0 amide bonds. The van der Waals surface area contributed by atoms with Gasteiger partial charge in [0.1, 0.15) is 5.39 Å². The lowest BCUT2D eigenvalue weighted by Gasteiger charge is -2.08. The number of aromatic nitrogens is 2. The number of alkyl halides is 3. The first-order chi connectivity index (χ1) is 7.97. The number of nitrogens with zero attached hydrogens (tertiary/aromatic N) is 1. The molecule has 0 radical (unpaired) electrons. The van der Waals surface area contributed by atoms with Crippen LogP contribution in [0.3, 0.4) is 0 Å². The zero-order chi connectivity index (χ0) is 12.2. The number of nitrogens with one attached hydrogen (secondary N) is 1. The molecule has 0 bridgehead atoms. The lowest BCUT2D eigenvalue weighted by Crippen LogP contribution is -2.11. The molecule has 1 N–H and O–H groups in total. The van der Waals surface area contributed by atoms with Crippen molar-refractivity contribution in [3.05, 3.63) is 27.7 Å². The molecule has 0 atom stereocenters. The van der Waals surface area contributed by atoms with Crippen LogP contribution in [0.1, 0.15) is 30.0 Å². The molecule has 0 aliphatic heterocycles. The lowest BCUT2D eigenvalue weighted by atomic mass is 10.1. The lowest BCUT2D eigenvalue weighted by molar-refractivity contribution is -0.136. The van der Waals surface area contributed by atoms with Gasteiger partial charge in [-0.2, -0.15) is 18.3 Å². The van der Waals surface area contributed by atoms with Gasteiger partial charge in [0.05, 0.1) is 5.56 Å². The second-order valence-electron chi connectivity index (χ2n) is 4.08. The van der Waals surface area contributed by atoms with E-state index in [0.29, 0.717) is 5.69 Å². The summed E-state index contributed by atoms with van der Waals surface area (Å²) < 4.78 is 43.1. The van der Waals surface area contributed by atoms with Crippen molar-refractivity contribution in [2.24, 2.45) is 0 Å². The average molecular weight is 244 g/mol. The number of halogens is 3. The van der Waals surface area contributed by atoms with Crippen LogP contribution >= 0.6 is 0 Å². The molecule has 4 nitrogen and oxygen atoms in total. The number of hydrogen-bond acceptors (Lipinski definition) is 3. The first-order valence-electron chi connectivity index (χ1n) is 5.06. The zero-order valence-corrected chi connectivity index (χ0v) is 8.47. The van der Waals surface area contributed by atoms with Gasteiger partial charge in [0.25, 0.3) is 11.3 Å². The second kappa shape index (κ2) is 3.12. The molecule has 0 saturated heterocycles. The van der Waals surface area contributed by atoms with E-state index in [1.165, 1.54) is 0 Å². The minimum absolute atomic E-state index is 0.0562. The van der Waals surface area contributed by atoms with Crippen molar-refractivity contribution >= 4 is 11.1 Å². The van der Waals surface area contributed by atoms with Gasteiger partial charge >= 0.3 is 6.18 Å². The van der Waals surface area contributed by atoms with Gasteiger partial charge in [-0.3, -0.25) is 4.79 Å². The highest BCUT2D eigenvalue weighted by Crippen LogP contribution is 2.42. The van der Waals surface area contributed by atoms with E-state index in [1.54, 1.807) is 0 Å². The summed E-state index contributed by atoms with van der Waals surface area (Å²) in [4.78, 5) is 15.2.